The molecule has 0 fully saturated rings. The maximum absolute atomic E-state index is 5.41. The lowest BCUT2D eigenvalue weighted by atomic mass is 10.0. The Morgan fingerprint density at radius 3 is 2.53 bits per heavy atom. The third-order valence-electron chi connectivity index (χ3n) is 2.85. The molecule has 1 unspecified atom stereocenters. The second kappa shape index (κ2) is 6.26. The van der Waals surface area contributed by atoms with Gasteiger partial charge in [0.2, 0.25) is 0 Å². The van der Waals surface area contributed by atoms with E-state index in [-0.39, 0.29) is 0 Å². The Hall–Kier alpha value is -1.54. The summed E-state index contributed by atoms with van der Waals surface area (Å²) in [6, 6.07) is 15.0. The summed E-state index contributed by atoms with van der Waals surface area (Å²) in [5.41, 5.74) is 1.37. The smallest absolute Gasteiger partial charge is 0.105 e. The molecule has 0 bridgehead atoms. The van der Waals surface area contributed by atoms with E-state index in [0.29, 0.717) is 6.04 Å². The molecule has 2 aromatic rings. The van der Waals surface area contributed by atoms with Crippen molar-refractivity contribution in [1.29, 1.82) is 0 Å². The van der Waals surface area contributed by atoms with Crippen molar-refractivity contribution in [3.8, 4) is 0 Å². The molecule has 90 valence electrons. The van der Waals surface area contributed by atoms with Gasteiger partial charge in [-0.3, -0.25) is 0 Å². The highest BCUT2D eigenvalue weighted by molar-refractivity contribution is 5.16. The average Bonchev–Trinajstić information content (AvgIpc) is 2.83. The third-order valence-corrected chi connectivity index (χ3v) is 2.85. The van der Waals surface area contributed by atoms with Crippen LogP contribution >= 0.6 is 0 Å². The molecule has 0 aliphatic carbocycles. The minimum Gasteiger partial charge on any atom is -0.469 e. The molecule has 17 heavy (non-hydrogen) atoms. The molecule has 0 aliphatic rings. The summed E-state index contributed by atoms with van der Waals surface area (Å²) in [6.45, 7) is 3.12. The number of nitrogens with one attached hydrogen (secondary N) is 1. The second-order valence-corrected chi connectivity index (χ2v) is 4.23. The van der Waals surface area contributed by atoms with Crippen molar-refractivity contribution in [1.82, 2.24) is 5.32 Å². The van der Waals surface area contributed by atoms with Gasteiger partial charge < -0.3 is 9.73 Å². The fraction of sp³-hybridized carbons (Fsp3) is 0.333. The highest BCUT2D eigenvalue weighted by Gasteiger charge is 2.10. The topological polar surface area (TPSA) is 25.2 Å². The number of hydrogen-bond donors (Lipinski definition) is 1. The first-order valence-electron chi connectivity index (χ1n) is 6.18. The Balaban J connectivity index is 1.97. The molecule has 1 N–H and O–H groups in total. The van der Waals surface area contributed by atoms with Crippen molar-refractivity contribution in [2.24, 2.45) is 0 Å². The minimum absolute atomic E-state index is 0.438. The first-order valence-corrected chi connectivity index (χ1v) is 6.18. The summed E-state index contributed by atoms with van der Waals surface area (Å²) < 4.78 is 5.41. The van der Waals surface area contributed by atoms with E-state index in [1.807, 2.05) is 12.1 Å². The third kappa shape index (κ3) is 3.75. The van der Waals surface area contributed by atoms with Gasteiger partial charge in [-0.05, 0) is 30.7 Å². The molecule has 0 saturated carbocycles. The van der Waals surface area contributed by atoms with Crippen LogP contribution in [0.4, 0.5) is 0 Å². The quantitative estimate of drug-likeness (QED) is 0.823. The van der Waals surface area contributed by atoms with Crippen LogP contribution < -0.4 is 5.32 Å². The van der Waals surface area contributed by atoms with E-state index in [1.165, 1.54) is 5.56 Å². The maximum Gasteiger partial charge on any atom is 0.105 e. The SMILES string of the molecule is CCNC(Cc1ccccc1)Cc1ccco1. The zero-order valence-electron chi connectivity index (χ0n) is 10.2. The maximum atomic E-state index is 5.41. The van der Waals surface area contributed by atoms with E-state index < -0.39 is 0 Å². The van der Waals surface area contributed by atoms with Crippen LogP contribution in [-0.4, -0.2) is 12.6 Å². The zero-order chi connectivity index (χ0) is 11.9. The summed E-state index contributed by atoms with van der Waals surface area (Å²) in [4.78, 5) is 0. The first-order chi connectivity index (χ1) is 8.38. The van der Waals surface area contributed by atoms with Gasteiger partial charge in [-0.1, -0.05) is 37.3 Å². The molecule has 0 spiro atoms. The normalized spacial score (nSPS) is 12.5. The van der Waals surface area contributed by atoms with Crippen LogP contribution in [0.3, 0.4) is 0 Å². The van der Waals surface area contributed by atoms with E-state index in [2.05, 4.69) is 42.6 Å². The number of benzene rings is 1. The van der Waals surface area contributed by atoms with Gasteiger partial charge in [0, 0.05) is 12.5 Å². The highest BCUT2D eigenvalue weighted by Crippen LogP contribution is 2.09. The molecular formula is C15H19NO. The van der Waals surface area contributed by atoms with E-state index in [0.717, 1.165) is 25.1 Å². The van der Waals surface area contributed by atoms with Crippen LogP contribution in [0.25, 0.3) is 0 Å². The standard InChI is InChI=1S/C15H19NO/c1-2-16-14(12-15-9-6-10-17-15)11-13-7-4-3-5-8-13/h3-10,14,16H,2,11-12H2,1H3. The molecule has 0 saturated heterocycles. The Kier molecular flexibility index (Phi) is 4.39. The molecule has 1 aromatic carbocycles. The average molecular weight is 229 g/mol. The molecule has 0 radical (unpaired) electrons. The monoisotopic (exact) mass is 229 g/mol. The van der Waals surface area contributed by atoms with E-state index in [9.17, 15) is 0 Å². The molecule has 2 heteroatoms. The summed E-state index contributed by atoms with van der Waals surface area (Å²) in [5, 5.41) is 3.51. The molecular weight excluding hydrogens is 210 g/mol. The van der Waals surface area contributed by atoms with Crippen LogP contribution in [-0.2, 0) is 12.8 Å². The van der Waals surface area contributed by atoms with Gasteiger partial charge >= 0.3 is 0 Å². The highest BCUT2D eigenvalue weighted by atomic mass is 16.3. The second-order valence-electron chi connectivity index (χ2n) is 4.23. The summed E-state index contributed by atoms with van der Waals surface area (Å²) >= 11 is 0. The molecule has 2 rings (SSSR count). The molecule has 2 nitrogen and oxygen atoms in total. The summed E-state index contributed by atoms with van der Waals surface area (Å²) in [7, 11) is 0. The lowest BCUT2D eigenvalue weighted by molar-refractivity contribution is 0.444. The zero-order valence-corrected chi connectivity index (χ0v) is 10.2. The Morgan fingerprint density at radius 1 is 1.06 bits per heavy atom. The first kappa shape index (κ1) is 11.9. The molecule has 1 aromatic heterocycles. The lowest BCUT2D eigenvalue weighted by Crippen LogP contribution is -2.32. The van der Waals surface area contributed by atoms with Crippen LogP contribution in [0.5, 0.6) is 0 Å². The fourth-order valence-electron chi connectivity index (χ4n) is 2.08. The molecule has 0 aliphatic heterocycles. The Bertz CT molecular complexity index is 408. The largest absolute Gasteiger partial charge is 0.469 e. The fourth-order valence-corrected chi connectivity index (χ4v) is 2.08. The van der Waals surface area contributed by atoms with E-state index in [1.54, 1.807) is 6.26 Å². The van der Waals surface area contributed by atoms with Gasteiger partial charge in [0.05, 0.1) is 6.26 Å². The van der Waals surface area contributed by atoms with Crippen molar-refractivity contribution >= 4 is 0 Å². The van der Waals surface area contributed by atoms with Crippen molar-refractivity contribution < 1.29 is 4.42 Å². The molecule has 0 amide bonds. The van der Waals surface area contributed by atoms with Crippen molar-refractivity contribution in [2.45, 2.75) is 25.8 Å². The van der Waals surface area contributed by atoms with Gasteiger partial charge in [0.1, 0.15) is 5.76 Å². The Labute approximate surface area is 103 Å². The number of likely N-dealkylation sites (N-methyl/N-ethyl adjacent to an activating group) is 1. The number of rotatable bonds is 6. The van der Waals surface area contributed by atoms with Gasteiger partial charge in [0.25, 0.3) is 0 Å². The minimum atomic E-state index is 0.438. The van der Waals surface area contributed by atoms with Gasteiger partial charge in [-0.25, -0.2) is 0 Å². The van der Waals surface area contributed by atoms with Crippen molar-refractivity contribution in [3.63, 3.8) is 0 Å². The van der Waals surface area contributed by atoms with Crippen molar-refractivity contribution in [2.75, 3.05) is 6.54 Å². The van der Waals surface area contributed by atoms with Crippen LogP contribution in [0.2, 0.25) is 0 Å². The molecule has 1 heterocycles. The van der Waals surface area contributed by atoms with E-state index in [4.69, 9.17) is 4.42 Å². The van der Waals surface area contributed by atoms with Crippen LogP contribution in [0, 0.1) is 0 Å². The van der Waals surface area contributed by atoms with Crippen LogP contribution in [0.1, 0.15) is 18.2 Å². The summed E-state index contributed by atoms with van der Waals surface area (Å²) in [6.07, 6.45) is 3.71. The van der Waals surface area contributed by atoms with Crippen molar-refractivity contribution in [3.05, 3.63) is 60.1 Å². The Morgan fingerprint density at radius 2 is 1.88 bits per heavy atom. The lowest BCUT2D eigenvalue weighted by Gasteiger charge is -2.16. The number of furan rings is 1. The summed E-state index contributed by atoms with van der Waals surface area (Å²) in [5.74, 6) is 1.05. The van der Waals surface area contributed by atoms with Gasteiger partial charge in [0.15, 0.2) is 0 Å². The van der Waals surface area contributed by atoms with E-state index >= 15 is 0 Å². The predicted octanol–water partition coefficient (Wildman–Crippen LogP) is 3.04. The van der Waals surface area contributed by atoms with Gasteiger partial charge in [-0.2, -0.15) is 0 Å². The van der Waals surface area contributed by atoms with Gasteiger partial charge in [-0.15, -0.1) is 0 Å². The van der Waals surface area contributed by atoms with Crippen LogP contribution in [0.15, 0.2) is 53.1 Å². The molecule has 1 atom stereocenters. The number of hydrogen-bond acceptors (Lipinski definition) is 2. The predicted molar refractivity (Wildman–Crippen MR) is 70.0 cm³/mol.